The quantitative estimate of drug-likeness (QED) is 0.773. The fourth-order valence-corrected chi connectivity index (χ4v) is 1.97. The number of aromatic hydroxyl groups is 1. The average molecular weight is 284 g/mol. The second-order valence-corrected chi connectivity index (χ2v) is 4.53. The molecule has 0 saturated heterocycles. The van der Waals surface area contributed by atoms with Gasteiger partial charge in [-0.15, -0.1) is 0 Å². The van der Waals surface area contributed by atoms with Crippen LogP contribution in [-0.4, -0.2) is 19.9 Å². The second kappa shape index (κ2) is 5.62. The van der Waals surface area contributed by atoms with Crippen LogP contribution in [0.2, 0.25) is 0 Å². The van der Waals surface area contributed by atoms with Crippen molar-refractivity contribution in [3.8, 4) is 11.6 Å². The topological polar surface area (TPSA) is 63.0 Å². The van der Waals surface area contributed by atoms with Gasteiger partial charge in [0.05, 0.1) is 11.9 Å². The van der Waals surface area contributed by atoms with Crippen LogP contribution < -0.4 is 5.32 Å². The number of pyridine rings is 1. The van der Waals surface area contributed by atoms with Crippen molar-refractivity contribution in [3.63, 3.8) is 0 Å². The molecule has 2 N–H and O–H groups in total. The molecule has 0 fully saturated rings. The standard InChI is InChI=1S/C15H13FN4O/c16-12-6-11(7-14(21)8-12)9-17-13-2-3-15(18-10-13)20-5-1-4-19-20/h1-8,10,17,21H,9H2. The van der Waals surface area contributed by atoms with E-state index in [1.807, 2.05) is 24.4 Å². The van der Waals surface area contributed by atoms with Gasteiger partial charge in [0.2, 0.25) is 0 Å². The van der Waals surface area contributed by atoms with Gasteiger partial charge in [-0.1, -0.05) is 0 Å². The van der Waals surface area contributed by atoms with E-state index in [4.69, 9.17) is 0 Å². The molecule has 0 unspecified atom stereocenters. The zero-order valence-corrected chi connectivity index (χ0v) is 11.1. The third kappa shape index (κ3) is 3.17. The molecule has 5 nitrogen and oxygen atoms in total. The number of halogens is 1. The van der Waals surface area contributed by atoms with Crippen LogP contribution in [0.5, 0.6) is 5.75 Å². The van der Waals surface area contributed by atoms with Crippen LogP contribution in [0.15, 0.2) is 55.0 Å². The number of phenolic OH excluding ortho intramolecular Hbond substituents is 1. The van der Waals surface area contributed by atoms with E-state index in [1.165, 1.54) is 12.1 Å². The molecule has 21 heavy (non-hydrogen) atoms. The van der Waals surface area contributed by atoms with E-state index in [-0.39, 0.29) is 5.75 Å². The summed E-state index contributed by atoms with van der Waals surface area (Å²) in [6.07, 6.45) is 5.17. The van der Waals surface area contributed by atoms with Crippen molar-refractivity contribution in [2.45, 2.75) is 6.54 Å². The Hall–Kier alpha value is -2.89. The van der Waals surface area contributed by atoms with Gasteiger partial charge < -0.3 is 10.4 Å². The Balaban J connectivity index is 1.68. The molecule has 2 heterocycles. The Labute approximate surface area is 120 Å². The molecule has 2 aromatic heterocycles. The van der Waals surface area contributed by atoms with Crippen LogP contribution in [-0.2, 0) is 6.54 Å². The highest BCUT2D eigenvalue weighted by Crippen LogP contribution is 2.16. The van der Waals surface area contributed by atoms with E-state index in [0.29, 0.717) is 17.9 Å². The molecule has 1 aromatic carbocycles. The molecule has 106 valence electrons. The lowest BCUT2D eigenvalue weighted by atomic mass is 10.2. The Morgan fingerprint density at radius 3 is 2.81 bits per heavy atom. The lowest BCUT2D eigenvalue weighted by molar-refractivity contribution is 0.468. The van der Waals surface area contributed by atoms with Crippen molar-refractivity contribution in [2.75, 3.05) is 5.32 Å². The normalized spacial score (nSPS) is 10.5. The maximum Gasteiger partial charge on any atom is 0.153 e. The molecule has 0 saturated carbocycles. The number of phenols is 1. The van der Waals surface area contributed by atoms with Crippen LogP contribution in [0.4, 0.5) is 10.1 Å². The highest BCUT2D eigenvalue weighted by Gasteiger charge is 2.01. The molecule has 0 aliphatic heterocycles. The number of benzene rings is 1. The minimum Gasteiger partial charge on any atom is -0.508 e. The summed E-state index contributed by atoms with van der Waals surface area (Å²) in [7, 11) is 0. The summed E-state index contributed by atoms with van der Waals surface area (Å²) in [6, 6.07) is 9.48. The minimum atomic E-state index is -0.459. The van der Waals surface area contributed by atoms with E-state index in [1.54, 1.807) is 17.1 Å². The number of nitrogens with zero attached hydrogens (tertiary/aromatic N) is 3. The van der Waals surface area contributed by atoms with Crippen molar-refractivity contribution in [1.29, 1.82) is 0 Å². The summed E-state index contributed by atoms with van der Waals surface area (Å²) in [5, 5.41) is 16.6. The van der Waals surface area contributed by atoms with Gasteiger partial charge in [-0.25, -0.2) is 14.1 Å². The predicted octanol–water partition coefficient (Wildman–Crippen LogP) is 2.72. The Morgan fingerprint density at radius 2 is 2.14 bits per heavy atom. The molecule has 3 aromatic rings. The van der Waals surface area contributed by atoms with E-state index in [2.05, 4.69) is 15.4 Å². The van der Waals surface area contributed by atoms with Crippen LogP contribution in [0.25, 0.3) is 5.82 Å². The molecule has 3 rings (SSSR count). The largest absolute Gasteiger partial charge is 0.508 e. The first-order chi connectivity index (χ1) is 10.2. The number of anilines is 1. The van der Waals surface area contributed by atoms with E-state index >= 15 is 0 Å². The first-order valence-electron chi connectivity index (χ1n) is 6.39. The van der Waals surface area contributed by atoms with Gasteiger partial charge in [0.15, 0.2) is 5.82 Å². The zero-order chi connectivity index (χ0) is 14.7. The number of nitrogens with one attached hydrogen (secondary N) is 1. The molecular weight excluding hydrogens is 271 g/mol. The number of hydrogen-bond donors (Lipinski definition) is 2. The molecule has 0 bridgehead atoms. The van der Waals surface area contributed by atoms with Crippen molar-refractivity contribution >= 4 is 5.69 Å². The Morgan fingerprint density at radius 1 is 1.24 bits per heavy atom. The summed E-state index contributed by atoms with van der Waals surface area (Å²) in [6.45, 7) is 0.397. The summed E-state index contributed by atoms with van der Waals surface area (Å²) < 4.78 is 14.8. The van der Waals surface area contributed by atoms with Crippen molar-refractivity contribution in [3.05, 3.63) is 66.4 Å². The maximum atomic E-state index is 13.2. The first kappa shape index (κ1) is 13.1. The fourth-order valence-electron chi connectivity index (χ4n) is 1.97. The molecular formula is C15H13FN4O. The Kier molecular flexibility index (Phi) is 3.51. The highest BCUT2D eigenvalue weighted by molar-refractivity contribution is 5.44. The number of aromatic nitrogens is 3. The van der Waals surface area contributed by atoms with Crippen LogP contribution in [0.1, 0.15) is 5.56 Å². The molecule has 0 spiro atoms. The van der Waals surface area contributed by atoms with Crippen molar-refractivity contribution < 1.29 is 9.50 Å². The zero-order valence-electron chi connectivity index (χ0n) is 11.1. The monoisotopic (exact) mass is 284 g/mol. The fraction of sp³-hybridized carbons (Fsp3) is 0.0667. The first-order valence-corrected chi connectivity index (χ1v) is 6.39. The molecule has 0 atom stereocenters. The van der Waals surface area contributed by atoms with Gasteiger partial charge in [-0.05, 0) is 35.9 Å². The average Bonchev–Trinajstić information content (AvgIpc) is 2.99. The van der Waals surface area contributed by atoms with Gasteiger partial charge in [-0.3, -0.25) is 0 Å². The highest BCUT2D eigenvalue weighted by atomic mass is 19.1. The van der Waals surface area contributed by atoms with Crippen LogP contribution in [0, 0.1) is 5.82 Å². The minimum absolute atomic E-state index is 0.0843. The maximum absolute atomic E-state index is 13.2. The van der Waals surface area contributed by atoms with Crippen molar-refractivity contribution in [2.24, 2.45) is 0 Å². The van der Waals surface area contributed by atoms with Crippen LogP contribution in [0.3, 0.4) is 0 Å². The lowest BCUT2D eigenvalue weighted by Crippen LogP contribution is -2.02. The third-order valence-corrected chi connectivity index (χ3v) is 2.93. The van der Waals surface area contributed by atoms with Crippen molar-refractivity contribution in [1.82, 2.24) is 14.8 Å². The lowest BCUT2D eigenvalue weighted by Gasteiger charge is -2.08. The predicted molar refractivity (Wildman–Crippen MR) is 76.8 cm³/mol. The second-order valence-electron chi connectivity index (χ2n) is 4.53. The van der Waals surface area contributed by atoms with Gasteiger partial charge in [0.1, 0.15) is 11.6 Å². The number of hydrogen-bond acceptors (Lipinski definition) is 4. The van der Waals surface area contributed by atoms with Gasteiger partial charge in [-0.2, -0.15) is 5.10 Å². The molecule has 0 radical (unpaired) electrons. The summed E-state index contributed by atoms with van der Waals surface area (Å²) in [5.74, 6) is 0.173. The molecule has 0 aliphatic rings. The molecule has 0 amide bonds. The van der Waals surface area contributed by atoms with E-state index < -0.39 is 5.82 Å². The van der Waals surface area contributed by atoms with Crippen LogP contribution >= 0.6 is 0 Å². The van der Waals surface area contributed by atoms with Gasteiger partial charge in [0, 0.05) is 25.0 Å². The summed E-state index contributed by atoms with van der Waals surface area (Å²) in [5.41, 5.74) is 1.46. The molecule has 6 heteroatoms. The summed E-state index contributed by atoms with van der Waals surface area (Å²) in [4.78, 5) is 4.28. The molecule has 0 aliphatic carbocycles. The summed E-state index contributed by atoms with van der Waals surface area (Å²) >= 11 is 0. The van der Waals surface area contributed by atoms with Gasteiger partial charge >= 0.3 is 0 Å². The number of rotatable bonds is 4. The van der Waals surface area contributed by atoms with E-state index in [0.717, 1.165) is 11.8 Å². The Bertz CT molecular complexity index is 706. The smallest absolute Gasteiger partial charge is 0.153 e. The van der Waals surface area contributed by atoms with E-state index in [9.17, 15) is 9.50 Å². The third-order valence-electron chi connectivity index (χ3n) is 2.93. The van der Waals surface area contributed by atoms with Gasteiger partial charge in [0.25, 0.3) is 0 Å². The SMILES string of the molecule is Oc1cc(F)cc(CNc2ccc(-n3cccn3)nc2)c1.